The second-order valence-electron chi connectivity index (χ2n) is 7.55. The van der Waals surface area contributed by atoms with Gasteiger partial charge in [-0.1, -0.05) is 26.0 Å². The fourth-order valence-corrected chi connectivity index (χ4v) is 4.28. The summed E-state index contributed by atoms with van der Waals surface area (Å²) in [7, 11) is 0. The topological polar surface area (TPSA) is 64.5 Å². The van der Waals surface area contributed by atoms with Crippen LogP contribution in [-0.4, -0.2) is 42.6 Å². The lowest BCUT2D eigenvalue weighted by atomic mass is 9.92. The minimum atomic E-state index is -0.255. The van der Waals surface area contributed by atoms with Crippen molar-refractivity contribution in [1.29, 1.82) is 0 Å². The first kappa shape index (κ1) is 16.9. The number of benzene rings is 1. The molecule has 7 heteroatoms. The average molecular weight is 355 g/mol. The molecule has 1 aliphatic heterocycles. The summed E-state index contributed by atoms with van der Waals surface area (Å²) in [5, 5.41) is 4.48. The summed E-state index contributed by atoms with van der Waals surface area (Å²) in [6.45, 7) is 8.59. The fourth-order valence-electron chi connectivity index (χ4n) is 4.28. The molecule has 26 heavy (non-hydrogen) atoms. The number of amides is 1. The lowest BCUT2D eigenvalue weighted by Crippen LogP contribution is -2.45. The summed E-state index contributed by atoms with van der Waals surface area (Å²) in [4.78, 5) is 27.5. The second kappa shape index (κ2) is 6.30. The summed E-state index contributed by atoms with van der Waals surface area (Å²) < 4.78 is 4.91. The molecule has 1 fully saturated rings. The molecule has 1 saturated heterocycles. The van der Waals surface area contributed by atoms with Crippen LogP contribution in [0.1, 0.15) is 27.2 Å². The Kier molecular flexibility index (Phi) is 4.09. The number of carbonyl (C=O) groups excluding carboxylic acids is 1. The number of carbonyl (C=O) groups is 1. The van der Waals surface area contributed by atoms with Gasteiger partial charge in [0.15, 0.2) is 0 Å². The van der Waals surface area contributed by atoms with Crippen LogP contribution in [-0.2, 0) is 17.9 Å². The van der Waals surface area contributed by atoms with E-state index in [9.17, 15) is 9.59 Å². The van der Waals surface area contributed by atoms with E-state index in [4.69, 9.17) is 0 Å². The zero-order chi connectivity index (χ0) is 18.4. The highest BCUT2D eigenvalue weighted by atomic mass is 16.2. The molecule has 3 heterocycles. The predicted octanol–water partition coefficient (Wildman–Crippen LogP) is 1.98. The normalized spacial score (nSPS) is 21.0. The average Bonchev–Trinajstić information content (AvgIpc) is 3.08. The zero-order valence-electron chi connectivity index (χ0n) is 15.6. The van der Waals surface area contributed by atoms with Crippen LogP contribution in [0.3, 0.4) is 0 Å². The van der Waals surface area contributed by atoms with Gasteiger partial charge in [-0.3, -0.25) is 4.79 Å². The standard InChI is InChI=1S/C19H25N5O2/c1-4-22-15-7-5-6-8-16(15)24-18(22)20-23(19(24)26)12-17(25)21-10-13(2)9-14(3)11-21/h5-8,13-14H,4,9-12H2,1-3H3/t13-,14+. The summed E-state index contributed by atoms with van der Waals surface area (Å²) in [5.74, 6) is 1.55. The first-order valence-electron chi connectivity index (χ1n) is 9.34. The maximum Gasteiger partial charge on any atom is 0.352 e. The molecule has 1 aromatic carbocycles. The number of hydrogen-bond donors (Lipinski definition) is 0. The molecule has 0 spiro atoms. The van der Waals surface area contributed by atoms with Crippen LogP contribution in [0.5, 0.6) is 0 Å². The molecule has 1 amide bonds. The van der Waals surface area contributed by atoms with Crippen molar-refractivity contribution in [3.63, 3.8) is 0 Å². The van der Waals surface area contributed by atoms with Crippen LogP contribution in [0.15, 0.2) is 29.1 Å². The van der Waals surface area contributed by atoms with Gasteiger partial charge in [-0.25, -0.2) is 13.9 Å². The van der Waals surface area contributed by atoms with Crippen LogP contribution in [0.25, 0.3) is 16.8 Å². The van der Waals surface area contributed by atoms with Crippen molar-refractivity contribution in [2.45, 2.75) is 40.3 Å². The zero-order valence-corrected chi connectivity index (χ0v) is 15.6. The van der Waals surface area contributed by atoms with Gasteiger partial charge in [-0.15, -0.1) is 5.10 Å². The molecule has 3 aromatic rings. The third kappa shape index (κ3) is 2.62. The maximum absolute atomic E-state index is 12.9. The Balaban J connectivity index is 1.71. The van der Waals surface area contributed by atoms with Crippen LogP contribution in [0.2, 0.25) is 0 Å². The van der Waals surface area contributed by atoms with Crippen molar-refractivity contribution in [3.8, 4) is 0 Å². The quantitative estimate of drug-likeness (QED) is 0.722. The molecule has 0 bridgehead atoms. The molecule has 4 rings (SSSR count). The van der Waals surface area contributed by atoms with Gasteiger partial charge in [0, 0.05) is 19.6 Å². The molecule has 0 N–H and O–H groups in total. The first-order chi connectivity index (χ1) is 12.5. The summed E-state index contributed by atoms with van der Waals surface area (Å²) >= 11 is 0. The molecule has 7 nitrogen and oxygen atoms in total. The van der Waals surface area contributed by atoms with Crippen LogP contribution >= 0.6 is 0 Å². The number of para-hydroxylation sites is 2. The van der Waals surface area contributed by atoms with Crippen molar-refractivity contribution in [2.24, 2.45) is 11.8 Å². The van der Waals surface area contributed by atoms with Crippen LogP contribution < -0.4 is 5.69 Å². The van der Waals surface area contributed by atoms with Gasteiger partial charge in [-0.05, 0) is 37.3 Å². The van der Waals surface area contributed by atoms with E-state index in [1.165, 1.54) is 4.68 Å². The van der Waals surface area contributed by atoms with Crippen molar-refractivity contribution < 1.29 is 4.79 Å². The van der Waals surface area contributed by atoms with E-state index >= 15 is 0 Å². The highest BCUT2D eigenvalue weighted by Gasteiger charge is 2.26. The number of aryl methyl sites for hydroxylation is 1. The second-order valence-corrected chi connectivity index (χ2v) is 7.55. The number of likely N-dealkylation sites (tertiary alicyclic amines) is 1. The third-order valence-corrected chi connectivity index (χ3v) is 5.30. The highest BCUT2D eigenvalue weighted by Crippen LogP contribution is 2.21. The van der Waals surface area contributed by atoms with E-state index in [2.05, 4.69) is 18.9 Å². The Morgan fingerprint density at radius 3 is 2.46 bits per heavy atom. The van der Waals surface area contributed by atoms with E-state index in [0.29, 0.717) is 24.2 Å². The minimum absolute atomic E-state index is 0.00199. The SMILES string of the molecule is CCn1c2ccccc2n2c(=O)n(CC(=O)N3C[C@H](C)C[C@H](C)C3)nc12. The lowest BCUT2D eigenvalue weighted by molar-refractivity contribution is -0.134. The number of imidazole rings is 1. The Hall–Kier alpha value is -2.57. The van der Waals surface area contributed by atoms with Crippen molar-refractivity contribution in [2.75, 3.05) is 13.1 Å². The van der Waals surface area contributed by atoms with Crippen molar-refractivity contribution >= 4 is 22.7 Å². The number of rotatable bonds is 3. The number of nitrogens with zero attached hydrogens (tertiary/aromatic N) is 5. The smallest absolute Gasteiger partial charge is 0.341 e. The molecule has 0 radical (unpaired) electrons. The highest BCUT2D eigenvalue weighted by molar-refractivity contribution is 5.81. The van der Waals surface area contributed by atoms with Crippen molar-refractivity contribution in [1.82, 2.24) is 23.6 Å². The number of piperidine rings is 1. The lowest BCUT2D eigenvalue weighted by Gasteiger charge is -2.34. The minimum Gasteiger partial charge on any atom is -0.341 e. The molecular weight excluding hydrogens is 330 g/mol. The third-order valence-electron chi connectivity index (χ3n) is 5.30. The van der Waals surface area contributed by atoms with E-state index in [-0.39, 0.29) is 18.1 Å². The maximum atomic E-state index is 12.9. The van der Waals surface area contributed by atoms with Gasteiger partial charge in [0.1, 0.15) is 6.54 Å². The van der Waals surface area contributed by atoms with E-state index in [0.717, 1.165) is 30.5 Å². The number of hydrogen-bond acceptors (Lipinski definition) is 3. The Labute approximate surface area is 151 Å². The predicted molar refractivity (Wildman–Crippen MR) is 100 cm³/mol. The number of aromatic nitrogens is 4. The van der Waals surface area contributed by atoms with Gasteiger partial charge >= 0.3 is 5.69 Å². The van der Waals surface area contributed by atoms with Gasteiger partial charge in [0.25, 0.3) is 0 Å². The molecule has 0 saturated carbocycles. The molecule has 1 aliphatic rings. The fraction of sp³-hybridized carbons (Fsp3) is 0.526. The Morgan fingerprint density at radius 2 is 1.81 bits per heavy atom. The van der Waals surface area contributed by atoms with E-state index in [1.807, 2.05) is 40.7 Å². The molecule has 0 aliphatic carbocycles. The molecule has 0 unspecified atom stereocenters. The monoisotopic (exact) mass is 355 g/mol. The Morgan fingerprint density at radius 1 is 1.15 bits per heavy atom. The van der Waals surface area contributed by atoms with Gasteiger partial charge < -0.3 is 9.47 Å². The number of fused-ring (bicyclic) bond motifs is 3. The molecule has 138 valence electrons. The summed E-state index contributed by atoms with van der Waals surface area (Å²) in [6, 6.07) is 7.76. The first-order valence-corrected chi connectivity index (χ1v) is 9.34. The Bertz CT molecular complexity index is 1020. The largest absolute Gasteiger partial charge is 0.352 e. The van der Waals surface area contributed by atoms with Gasteiger partial charge in [0.05, 0.1) is 11.0 Å². The van der Waals surface area contributed by atoms with E-state index in [1.54, 1.807) is 4.40 Å². The van der Waals surface area contributed by atoms with Crippen LogP contribution in [0.4, 0.5) is 0 Å². The molecule has 2 aromatic heterocycles. The summed E-state index contributed by atoms with van der Waals surface area (Å²) in [6.07, 6.45) is 1.14. The molecular formula is C19H25N5O2. The van der Waals surface area contributed by atoms with Gasteiger partial charge in [0.2, 0.25) is 11.7 Å². The van der Waals surface area contributed by atoms with Crippen molar-refractivity contribution in [3.05, 3.63) is 34.7 Å². The van der Waals surface area contributed by atoms with E-state index < -0.39 is 0 Å². The summed E-state index contributed by atoms with van der Waals surface area (Å²) in [5.41, 5.74) is 1.55. The van der Waals surface area contributed by atoms with Crippen LogP contribution in [0, 0.1) is 11.8 Å². The molecule has 2 atom stereocenters. The van der Waals surface area contributed by atoms with Gasteiger partial charge in [-0.2, -0.15) is 0 Å².